The fraction of sp³-hybridized carbons (Fsp3) is 0.571. The van der Waals surface area contributed by atoms with Crippen molar-refractivity contribution in [3.05, 3.63) is 29.6 Å². The lowest BCUT2D eigenvalue weighted by atomic mass is 10.1. The summed E-state index contributed by atoms with van der Waals surface area (Å²) in [5, 5.41) is 0. The standard InChI is InChI=1S/C14H22N4O/c1-17(2)14(19)13-4-3-7-18(13)10-11-5-6-16-12(8-11)9-15/h5-6,8,13H,3-4,7,9-10,15H2,1-2H3. The maximum atomic E-state index is 12.1. The fourth-order valence-electron chi connectivity index (χ4n) is 2.57. The highest BCUT2D eigenvalue weighted by atomic mass is 16.2. The third-order valence-electron chi connectivity index (χ3n) is 3.57. The van der Waals surface area contributed by atoms with Gasteiger partial charge in [-0.05, 0) is 37.1 Å². The molecule has 1 atom stereocenters. The molecule has 1 aliphatic rings. The molecule has 1 aromatic heterocycles. The van der Waals surface area contributed by atoms with Gasteiger partial charge >= 0.3 is 0 Å². The largest absolute Gasteiger partial charge is 0.347 e. The van der Waals surface area contributed by atoms with Gasteiger partial charge in [-0.1, -0.05) is 0 Å². The minimum Gasteiger partial charge on any atom is -0.347 e. The first kappa shape index (κ1) is 14.0. The molecule has 0 spiro atoms. The number of carbonyl (C=O) groups excluding carboxylic acids is 1. The summed E-state index contributed by atoms with van der Waals surface area (Å²) in [4.78, 5) is 20.2. The molecule has 0 aliphatic carbocycles. The van der Waals surface area contributed by atoms with Gasteiger partial charge in [0.25, 0.3) is 0 Å². The van der Waals surface area contributed by atoms with Crippen LogP contribution in [0.2, 0.25) is 0 Å². The summed E-state index contributed by atoms with van der Waals surface area (Å²) in [5.74, 6) is 0.200. The lowest BCUT2D eigenvalue weighted by molar-refractivity contribution is -0.133. The highest BCUT2D eigenvalue weighted by Crippen LogP contribution is 2.21. The summed E-state index contributed by atoms with van der Waals surface area (Å²) in [6, 6.07) is 4.04. The number of nitrogens with zero attached hydrogens (tertiary/aromatic N) is 3. The highest BCUT2D eigenvalue weighted by molar-refractivity contribution is 5.81. The Bertz CT molecular complexity index is 447. The average Bonchev–Trinajstić information content (AvgIpc) is 2.86. The van der Waals surface area contributed by atoms with Crippen molar-refractivity contribution >= 4 is 5.91 Å². The third-order valence-corrected chi connectivity index (χ3v) is 3.57. The lowest BCUT2D eigenvalue weighted by Crippen LogP contribution is -2.42. The number of nitrogens with two attached hydrogens (primary N) is 1. The average molecular weight is 262 g/mol. The van der Waals surface area contributed by atoms with E-state index in [1.165, 1.54) is 5.56 Å². The van der Waals surface area contributed by atoms with Crippen molar-refractivity contribution in [3.8, 4) is 0 Å². The van der Waals surface area contributed by atoms with Crippen LogP contribution in [0.4, 0.5) is 0 Å². The van der Waals surface area contributed by atoms with Crippen LogP contribution in [0.3, 0.4) is 0 Å². The molecule has 5 heteroatoms. The molecular weight excluding hydrogens is 240 g/mol. The van der Waals surface area contributed by atoms with Crippen molar-refractivity contribution in [2.24, 2.45) is 5.73 Å². The third kappa shape index (κ3) is 3.30. The number of amides is 1. The summed E-state index contributed by atoms with van der Waals surface area (Å²) in [6.07, 6.45) is 3.82. The van der Waals surface area contributed by atoms with Crippen molar-refractivity contribution < 1.29 is 4.79 Å². The lowest BCUT2D eigenvalue weighted by Gasteiger charge is -2.26. The molecule has 0 aromatic carbocycles. The molecule has 1 aliphatic heterocycles. The molecule has 19 heavy (non-hydrogen) atoms. The zero-order valence-corrected chi connectivity index (χ0v) is 11.7. The number of hydrogen-bond acceptors (Lipinski definition) is 4. The molecule has 1 amide bonds. The minimum absolute atomic E-state index is 0.0180. The van der Waals surface area contributed by atoms with Gasteiger partial charge in [0.1, 0.15) is 0 Å². The van der Waals surface area contributed by atoms with Crippen LogP contribution < -0.4 is 5.73 Å². The summed E-state index contributed by atoms with van der Waals surface area (Å²) in [6.45, 7) is 2.22. The molecule has 1 saturated heterocycles. The molecule has 1 fully saturated rings. The Morgan fingerprint density at radius 1 is 1.58 bits per heavy atom. The second kappa shape index (κ2) is 6.12. The van der Waals surface area contributed by atoms with Crippen molar-refractivity contribution in [2.75, 3.05) is 20.6 Å². The van der Waals surface area contributed by atoms with E-state index in [2.05, 4.69) is 9.88 Å². The first-order valence-electron chi connectivity index (χ1n) is 6.71. The predicted octanol–water partition coefficient (Wildman–Crippen LogP) is 0.593. The van der Waals surface area contributed by atoms with Crippen LogP contribution >= 0.6 is 0 Å². The summed E-state index contributed by atoms with van der Waals surface area (Å²) in [7, 11) is 3.63. The van der Waals surface area contributed by atoms with Crippen LogP contribution in [0.15, 0.2) is 18.3 Å². The molecule has 0 bridgehead atoms. The van der Waals surface area contributed by atoms with Gasteiger partial charge in [0.05, 0.1) is 11.7 Å². The molecule has 5 nitrogen and oxygen atoms in total. The molecule has 2 rings (SSSR count). The van der Waals surface area contributed by atoms with Gasteiger partial charge in [-0.3, -0.25) is 14.7 Å². The normalized spacial score (nSPS) is 19.6. The number of rotatable bonds is 4. The van der Waals surface area contributed by atoms with Crippen LogP contribution in [0.5, 0.6) is 0 Å². The monoisotopic (exact) mass is 262 g/mol. The molecule has 1 unspecified atom stereocenters. The predicted molar refractivity (Wildman–Crippen MR) is 74.3 cm³/mol. The van der Waals surface area contributed by atoms with Gasteiger partial charge in [-0.15, -0.1) is 0 Å². The van der Waals surface area contributed by atoms with Gasteiger partial charge < -0.3 is 10.6 Å². The Labute approximate surface area is 114 Å². The Morgan fingerprint density at radius 2 is 2.37 bits per heavy atom. The smallest absolute Gasteiger partial charge is 0.239 e. The second-order valence-corrected chi connectivity index (χ2v) is 5.22. The molecule has 0 radical (unpaired) electrons. The van der Waals surface area contributed by atoms with Crippen LogP contribution in [-0.2, 0) is 17.9 Å². The maximum absolute atomic E-state index is 12.1. The number of carbonyl (C=O) groups is 1. The maximum Gasteiger partial charge on any atom is 0.239 e. The van der Waals surface area contributed by atoms with Crippen LogP contribution in [0.25, 0.3) is 0 Å². The van der Waals surface area contributed by atoms with E-state index in [1.807, 2.05) is 26.2 Å². The SMILES string of the molecule is CN(C)C(=O)C1CCCN1Cc1ccnc(CN)c1. The number of pyridine rings is 1. The molecule has 104 valence electrons. The number of likely N-dealkylation sites (N-methyl/N-ethyl adjacent to an activating group) is 1. The van der Waals surface area contributed by atoms with Gasteiger partial charge in [0.15, 0.2) is 0 Å². The van der Waals surface area contributed by atoms with Gasteiger partial charge in [-0.25, -0.2) is 0 Å². The number of likely N-dealkylation sites (tertiary alicyclic amines) is 1. The highest BCUT2D eigenvalue weighted by Gasteiger charge is 2.31. The summed E-state index contributed by atoms with van der Waals surface area (Å²) >= 11 is 0. The van der Waals surface area contributed by atoms with Gasteiger partial charge in [0, 0.05) is 33.4 Å². The van der Waals surface area contributed by atoms with Crippen LogP contribution in [0, 0.1) is 0 Å². The van der Waals surface area contributed by atoms with E-state index < -0.39 is 0 Å². The zero-order valence-electron chi connectivity index (χ0n) is 11.7. The van der Waals surface area contributed by atoms with Crippen molar-refractivity contribution in [1.82, 2.24) is 14.8 Å². The van der Waals surface area contributed by atoms with E-state index in [1.54, 1.807) is 11.1 Å². The molecular formula is C14H22N4O. The van der Waals surface area contributed by atoms with E-state index in [-0.39, 0.29) is 11.9 Å². The quantitative estimate of drug-likeness (QED) is 0.863. The Hall–Kier alpha value is -1.46. The topological polar surface area (TPSA) is 62.5 Å². The minimum atomic E-state index is 0.0180. The molecule has 1 aromatic rings. The Morgan fingerprint density at radius 3 is 3.05 bits per heavy atom. The first-order chi connectivity index (χ1) is 9.11. The molecule has 0 saturated carbocycles. The Balaban J connectivity index is 2.06. The van der Waals surface area contributed by atoms with E-state index in [9.17, 15) is 4.79 Å². The van der Waals surface area contributed by atoms with Crippen molar-refractivity contribution in [1.29, 1.82) is 0 Å². The van der Waals surface area contributed by atoms with Crippen molar-refractivity contribution in [3.63, 3.8) is 0 Å². The van der Waals surface area contributed by atoms with E-state index in [0.29, 0.717) is 6.54 Å². The second-order valence-electron chi connectivity index (χ2n) is 5.22. The number of aromatic nitrogens is 1. The van der Waals surface area contributed by atoms with Gasteiger partial charge in [0.2, 0.25) is 5.91 Å². The molecule has 2 heterocycles. The zero-order chi connectivity index (χ0) is 13.8. The van der Waals surface area contributed by atoms with Crippen LogP contribution in [0.1, 0.15) is 24.1 Å². The number of hydrogen-bond donors (Lipinski definition) is 1. The van der Waals surface area contributed by atoms with E-state index in [0.717, 1.165) is 31.6 Å². The molecule has 2 N–H and O–H groups in total. The summed E-state index contributed by atoms with van der Waals surface area (Å²) in [5.41, 5.74) is 7.68. The Kier molecular flexibility index (Phi) is 4.50. The fourth-order valence-corrected chi connectivity index (χ4v) is 2.57. The van der Waals surface area contributed by atoms with E-state index >= 15 is 0 Å². The van der Waals surface area contributed by atoms with Crippen LogP contribution in [-0.4, -0.2) is 47.4 Å². The first-order valence-corrected chi connectivity index (χ1v) is 6.71. The van der Waals surface area contributed by atoms with Gasteiger partial charge in [-0.2, -0.15) is 0 Å². The summed E-state index contributed by atoms with van der Waals surface area (Å²) < 4.78 is 0. The van der Waals surface area contributed by atoms with E-state index in [4.69, 9.17) is 5.73 Å². The van der Waals surface area contributed by atoms with Crippen molar-refractivity contribution in [2.45, 2.75) is 32.0 Å².